The summed E-state index contributed by atoms with van der Waals surface area (Å²) in [5, 5.41) is 4.40. The maximum atomic E-state index is 13.5. The quantitative estimate of drug-likeness (QED) is 0.647. The van der Waals surface area contributed by atoms with Crippen LogP contribution in [0.4, 0.5) is 14.5 Å². The molecule has 2 aromatic rings. The fourth-order valence-electron chi connectivity index (χ4n) is 2.17. The largest absolute Gasteiger partial charge is 0.497 e. The zero-order chi connectivity index (χ0) is 21.4. The van der Waals surface area contributed by atoms with Crippen LogP contribution in [0.3, 0.4) is 0 Å². The molecular weight excluding hydrogens is 390 g/mol. The van der Waals surface area contributed by atoms with Crippen LogP contribution < -0.4 is 20.1 Å². The molecule has 0 unspecified atom stereocenters. The second-order valence-electron chi connectivity index (χ2n) is 5.62. The normalized spacial score (nSPS) is 10.1. The Bertz CT molecular complexity index is 897. The highest BCUT2D eigenvalue weighted by Gasteiger charge is 2.14. The third kappa shape index (κ3) is 6.45. The molecule has 8 nitrogen and oxygen atoms in total. The van der Waals surface area contributed by atoms with Gasteiger partial charge in [0.1, 0.15) is 29.7 Å². The van der Waals surface area contributed by atoms with E-state index in [0.29, 0.717) is 11.5 Å². The average molecular weight is 408 g/mol. The van der Waals surface area contributed by atoms with Gasteiger partial charge < -0.3 is 24.8 Å². The van der Waals surface area contributed by atoms with Crippen LogP contribution in [0.15, 0.2) is 36.4 Å². The van der Waals surface area contributed by atoms with Crippen LogP contribution in [-0.4, -0.2) is 45.2 Å². The number of nitrogens with one attached hydrogen (secondary N) is 2. The number of carbonyl (C=O) groups excluding carboxylic acids is 3. The van der Waals surface area contributed by atoms with E-state index in [1.165, 1.54) is 26.4 Å². The summed E-state index contributed by atoms with van der Waals surface area (Å²) in [5.41, 5.74) is -0.195. The number of ether oxygens (including phenoxy) is 3. The average Bonchev–Trinajstić information content (AvgIpc) is 2.72. The molecule has 0 bridgehead atoms. The van der Waals surface area contributed by atoms with E-state index in [-0.39, 0.29) is 11.3 Å². The SMILES string of the molecule is COc1cc(OC)cc(C(=O)NCC(=O)OCC(=O)Nc2cc(F)ccc2F)c1. The number of amides is 2. The van der Waals surface area contributed by atoms with Crippen molar-refractivity contribution in [3.8, 4) is 11.5 Å². The predicted octanol–water partition coefficient (Wildman–Crippen LogP) is 1.89. The summed E-state index contributed by atoms with van der Waals surface area (Å²) in [6, 6.07) is 7.00. The number of carbonyl (C=O) groups is 3. The van der Waals surface area contributed by atoms with E-state index in [9.17, 15) is 23.2 Å². The van der Waals surface area contributed by atoms with Crippen molar-refractivity contribution in [3.63, 3.8) is 0 Å². The second kappa shape index (κ2) is 10.0. The molecule has 29 heavy (non-hydrogen) atoms. The molecule has 2 amide bonds. The van der Waals surface area contributed by atoms with Crippen LogP contribution in [0.2, 0.25) is 0 Å². The minimum atomic E-state index is -0.900. The van der Waals surface area contributed by atoms with Crippen molar-refractivity contribution in [3.05, 3.63) is 53.6 Å². The summed E-state index contributed by atoms with van der Waals surface area (Å²) >= 11 is 0. The van der Waals surface area contributed by atoms with Crippen molar-refractivity contribution in [1.82, 2.24) is 5.32 Å². The second-order valence-corrected chi connectivity index (χ2v) is 5.62. The lowest BCUT2D eigenvalue weighted by Crippen LogP contribution is -2.32. The molecule has 0 aliphatic carbocycles. The molecule has 0 aromatic heterocycles. The molecule has 0 saturated heterocycles. The molecule has 2 rings (SSSR count). The first-order valence-electron chi connectivity index (χ1n) is 8.24. The zero-order valence-corrected chi connectivity index (χ0v) is 15.6. The van der Waals surface area contributed by atoms with Crippen molar-refractivity contribution >= 4 is 23.5 Å². The van der Waals surface area contributed by atoms with Crippen LogP contribution in [-0.2, 0) is 14.3 Å². The van der Waals surface area contributed by atoms with Crippen LogP contribution in [0.1, 0.15) is 10.4 Å². The molecule has 0 radical (unpaired) electrons. The van der Waals surface area contributed by atoms with Gasteiger partial charge in [-0.05, 0) is 24.3 Å². The van der Waals surface area contributed by atoms with E-state index >= 15 is 0 Å². The standard InChI is InChI=1S/C19H18F2N2O6/c1-27-13-5-11(6-14(8-13)28-2)19(26)22-9-18(25)29-10-17(24)23-16-7-12(20)3-4-15(16)21/h3-8H,9-10H2,1-2H3,(H,22,26)(H,23,24). The third-order valence-electron chi connectivity index (χ3n) is 3.57. The molecule has 0 heterocycles. The highest BCUT2D eigenvalue weighted by molar-refractivity contribution is 5.97. The highest BCUT2D eigenvalue weighted by atomic mass is 19.1. The highest BCUT2D eigenvalue weighted by Crippen LogP contribution is 2.22. The molecule has 0 fully saturated rings. The number of rotatable bonds is 8. The van der Waals surface area contributed by atoms with Gasteiger partial charge in [-0.2, -0.15) is 0 Å². The molecule has 10 heteroatoms. The first-order chi connectivity index (χ1) is 13.8. The van der Waals surface area contributed by atoms with Crippen LogP contribution in [0.25, 0.3) is 0 Å². The minimum absolute atomic E-state index is 0.188. The molecule has 154 valence electrons. The van der Waals surface area contributed by atoms with Gasteiger partial charge in [-0.25, -0.2) is 8.78 Å². The summed E-state index contributed by atoms with van der Waals surface area (Å²) < 4.78 is 41.3. The Morgan fingerprint density at radius 1 is 0.966 bits per heavy atom. The lowest BCUT2D eigenvalue weighted by atomic mass is 10.2. The maximum Gasteiger partial charge on any atom is 0.325 e. The number of halogens is 2. The van der Waals surface area contributed by atoms with Crippen LogP contribution >= 0.6 is 0 Å². The van der Waals surface area contributed by atoms with Crippen LogP contribution in [0, 0.1) is 11.6 Å². The van der Waals surface area contributed by atoms with E-state index in [2.05, 4.69) is 10.6 Å². The molecular formula is C19H18F2N2O6. The molecule has 2 aromatic carbocycles. The van der Waals surface area contributed by atoms with Crippen molar-refractivity contribution in [1.29, 1.82) is 0 Å². The zero-order valence-electron chi connectivity index (χ0n) is 15.6. The number of benzene rings is 2. The first-order valence-corrected chi connectivity index (χ1v) is 8.24. The van der Waals surface area contributed by atoms with E-state index in [0.717, 1.165) is 18.2 Å². The molecule has 2 N–H and O–H groups in total. The first kappa shape index (κ1) is 21.6. The fourth-order valence-corrected chi connectivity index (χ4v) is 2.17. The van der Waals surface area contributed by atoms with Crippen LogP contribution in [0.5, 0.6) is 11.5 Å². The Balaban J connectivity index is 1.83. The number of esters is 1. The number of methoxy groups -OCH3 is 2. The lowest BCUT2D eigenvalue weighted by Gasteiger charge is -2.10. The monoisotopic (exact) mass is 408 g/mol. The van der Waals surface area contributed by atoms with Crippen molar-refractivity contribution < 1.29 is 37.4 Å². The van der Waals surface area contributed by atoms with Gasteiger partial charge in [-0.1, -0.05) is 0 Å². The summed E-state index contributed by atoms with van der Waals surface area (Å²) in [6.45, 7) is -1.25. The Kier molecular flexibility index (Phi) is 7.47. The molecule has 0 atom stereocenters. The van der Waals surface area contributed by atoms with Gasteiger partial charge >= 0.3 is 5.97 Å². The van der Waals surface area contributed by atoms with E-state index < -0.39 is 42.6 Å². The molecule has 0 aliphatic heterocycles. The summed E-state index contributed by atoms with van der Waals surface area (Å²) in [5.74, 6) is -3.17. The lowest BCUT2D eigenvalue weighted by molar-refractivity contribution is -0.146. The molecule has 0 saturated carbocycles. The van der Waals surface area contributed by atoms with Crippen molar-refractivity contribution in [2.24, 2.45) is 0 Å². The fraction of sp³-hybridized carbons (Fsp3) is 0.211. The number of anilines is 1. The van der Waals surface area contributed by atoms with Crippen molar-refractivity contribution in [2.75, 3.05) is 32.7 Å². The number of hydrogen-bond acceptors (Lipinski definition) is 6. The molecule has 0 aliphatic rings. The summed E-state index contributed by atoms with van der Waals surface area (Å²) in [6.07, 6.45) is 0. The van der Waals surface area contributed by atoms with Gasteiger partial charge in [-0.15, -0.1) is 0 Å². The Morgan fingerprint density at radius 3 is 2.24 bits per heavy atom. The van der Waals surface area contributed by atoms with Gasteiger partial charge in [0.2, 0.25) is 0 Å². The maximum absolute atomic E-state index is 13.5. The van der Waals surface area contributed by atoms with Gasteiger partial charge in [-0.3, -0.25) is 14.4 Å². The van der Waals surface area contributed by atoms with Crippen molar-refractivity contribution in [2.45, 2.75) is 0 Å². The van der Waals surface area contributed by atoms with E-state index in [1.54, 1.807) is 6.07 Å². The smallest absolute Gasteiger partial charge is 0.325 e. The number of hydrogen-bond donors (Lipinski definition) is 2. The summed E-state index contributed by atoms with van der Waals surface area (Å²) in [7, 11) is 2.85. The third-order valence-corrected chi connectivity index (χ3v) is 3.57. The van der Waals surface area contributed by atoms with E-state index in [4.69, 9.17) is 14.2 Å². The summed E-state index contributed by atoms with van der Waals surface area (Å²) in [4.78, 5) is 35.5. The molecule has 0 spiro atoms. The Labute approximate surface area is 164 Å². The van der Waals surface area contributed by atoms with Gasteiger partial charge in [0.15, 0.2) is 6.61 Å². The predicted molar refractivity (Wildman–Crippen MR) is 97.8 cm³/mol. The van der Waals surface area contributed by atoms with Gasteiger partial charge in [0, 0.05) is 17.7 Å². The topological polar surface area (TPSA) is 103 Å². The van der Waals surface area contributed by atoms with Gasteiger partial charge in [0.05, 0.1) is 19.9 Å². The Morgan fingerprint density at radius 2 is 1.62 bits per heavy atom. The van der Waals surface area contributed by atoms with Gasteiger partial charge in [0.25, 0.3) is 11.8 Å². The minimum Gasteiger partial charge on any atom is -0.497 e. The Hall–Kier alpha value is -3.69. The van der Waals surface area contributed by atoms with E-state index in [1.807, 2.05) is 0 Å².